The van der Waals surface area contributed by atoms with Gasteiger partial charge in [0, 0.05) is 34.1 Å². The number of halogens is 1. The monoisotopic (exact) mass is 458 g/mol. The number of aryl methyl sites for hydroxylation is 1. The zero-order valence-electron chi connectivity index (χ0n) is 15.7. The first-order valence-corrected chi connectivity index (χ1v) is 9.93. The summed E-state index contributed by atoms with van der Waals surface area (Å²) >= 11 is 3.41. The lowest BCUT2D eigenvalue weighted by atomic mass is 10.2. The first kappa shape index (κ1) is 20.7. The summed E-state index contributed by atoms with van der Waals surface area (Å²) in [5.41, 5.74) is 1.08. The van der Waals surface area contributed by atoms with Gasteiger partial charge in [-0.15, -0.1) is 10.2 Å². The molecule has 8 nitrogen and oxygen atoms in total. The average molecular weight is 459 g/mol. The normalized spacial score (nSPS) is 11.4. The van der Waals surface area contributed by atoms with Crippen LogP contribution in [0.25, 0.3) is 10.9 Å². The van der Waals surface area contributed by atoms with Crippen LogP contribution in [0.1, 0.15) is 36.5 Å². The largest absolute Gasteiger partial charge is 0.493 e. The minimum Gasteiger partial charge on any atom is -0.493 e. The molecule has 0 fully saturated rings. The SMILES string of the molecule is CCCCCn1c(O)c(N=NC(=O)c2ccc([N+](=O)[O-])cc2)c2cc(Br)ccc21. The van der Waals surface area contributed by atoms with Crippen LogP contribution in [0.3, 0.4) is 0 Å². The van der Waals surface area contributed by atoms with Crippen LogP contribution in [0.5, 0.6) is 5.88 Å². The lowest BCUT2D eigenvalue weighted by Crippen LogP contribution is -1.96. The molecule has 0 aliphatic heterocycles. The number of carbonyl (C=O) groups is 1. The van der Waals surface area contributed by atoms with Crippen LogP contribution in [-0.4, -0.2) is 20.5 Å². The Hall–Kier alpha value is -3.07. The minimum atomic E-state index is -0.652. The van der Waals surface area contributed by atoms with Crippen LogP contribution in [0, 0.1) is 10.1 Å². The van der Waals surface area contributed by atoms with Crippen molar-refractivity contribution in [3.05, 3.63) is 62.6 Å². The van der Waals surface area contributed by atoms with Crippen LogP contribution < -0.4 is 0 Å². The number of unbranched alkanes of at least 4 members (excludes halogenated alkanes) is 2. The number of nitro benzene ring substituents is 1. The lowest BCUT2D eigenvalue weighted by Gasteiger charge is -2.06. The number of hydrogen-bond donors (Lipinski definition) is 1. The van der Waals surface area contributed by atoms with E-state index in [1.807, 2.05) is 18.2 Å². The van der Waals surface area contributed by atoms with E-state index >= 15 is 0 Å². The number of rotatable bonds is 7. The van der Waals surface area contributed by atoms with Gasteiger partial charge < -0.3 is 9.67 Å². The van der Waals surface area contributed by atoms with Crippen LogP contribution in [0.15, 0.2) is 57.2 Å². The molecule has 1 heterocycles. The highest BCUT2D eigenvalue weighted by Gasteiger charge is 2.17. The Bertz CT molecular complexity index is 1090. The number of carbonyl (C=O) groups excluding carboxylic acids is 1. The van der Waals surface area contributed by atoms with E-state index in [2.05, 4.69) is 33.1 Å². The number of non-ortho nitro benzene ring substituents is 1. The summed E-state index contributed by atoms with van der Waals surface area (Å²) in [6.07, 6.45) is 3.00. The van der Waals surface area contributed by atoms with Gasteiger partial charge in [0.1, 0.15) is 0 Å². The predicted molar refractivity (Wildman–Crippen MR) is 113 cm³/mol. The molecule has 0 spiro atoms. The molecule has 0 aliphatic carbocycles. The van der Waals surface area contributed by atoms with Gasteiger partial charge >= 0.3 is 0 Å². The smallest absolute Gasteiger partial charge is 0.295 e. The van der Waals surface area contributed by atoms with Gasteiger partial charge in [0.15, 0.2) is 5.69 Å². The maximum absolute atomic E-state index is 12.3. The summed E-state index contributed by atoms with van der Waals surface area (Å²) in [5.74, 6) is -0.698. The van der Waals surface area contributed by atoms with E-state index in [1.54, 1.807) is 4.57 Å². The van der Waals surface area contributed by atoms with Gasteiger partial charge in [-0.25, -0.2) is 0 Å². The second-order valence-corrected chi connectivity index (χ2v) is 7.42. The number of nitrogens with zero attached hydrogens (tertiary/aromatic N) is 4. The molecular formula is C20H19BrN4O4. The predicted octanol–water partition coefficient (Wildman–Crippen LogP) is 6.13. The molecule has 0 saturated carbocycles. The number of aromatic nitrogens is 1. The Balaban J connectivity index is 1.94. The van der Waals surface area contributed by atoms with Crippen LogP contribution >= 0.6 is 15.9 Å². The molecule has 3 aromatic rings. The fourth-order valence-electron chi connectivity index (χ4n) is 3.02. The van der Waals surface area contributed by atoms with Gasteiger partial charge in [-0.1, -0.05) is 35.7 Å². The van der Waals surface area contributed by atoms with Crippen molar-refractivity contribution in [1.29, 1.82) is 0 Å². The molecule has 3 rings (SSSR count). The molecule has 0 radical (unpaired) electrons. The third kappa shape index (κ3) is 4.51. The molecule has 0 bridgehead atoms. The van der Waals surface area contributed by atoms with Crippen molar-refractivity contribution in [2.24, 2.45) is 10.2 Å². The Labute approximate surface area is 175 Å². The number of amides is 1. The molecule has 1 amide bonds. The van der Waals surface area contributed by atoms with Gasteiger partial charge in [0.05, 0.1) is 10.4 Å². The minimum absolute atomic E-state index is 0.0468. The van der Waals surface area contributed by atoms with Crippen LogP contribution in [0.4, 0.5) is 11.4 Å². The van der Waals surface area contributed by atoms with Crippen molar-refractivity contribution in [1.82, 2.24) is 4.57 Å². The van der Waals surface area contributed by atoms with E-state index in [4.69, 9.17) is 0 Å². The Morgan fingerprint density at radius 1 is 1.21 bits per heavy atom. The van der Waals surface area contributed by atoms with Crippen molar-refractivity contribution < 1.29 is 14.8 Å². The van der Waals surface area contributed by atoms with Crippen molar-refractivity contribution in [3.8, 4) is 5.88 Å². The molecule has 2 aromatic carbocycles. The highest BCUT2D eigenvalue weighted by Crippen LogP contribution is 2.40. The van der Waals surface area contributed by atoms with E-state index in [-0.39, 0.29) is 22.8 Å². The molecule has 1 N–H and O–H groups in total. The summed E-state index contributed by atoms with van der Waals surface area (Å²) in [5, 5.41) is 29.8. The zero-order chi connectivity index (χ0) is 21.0. The van der Waals surface area contributed by atoms with Crippen molar-refractivity contribution in [2.75, 3.05) is 0 Å². The van der Waals surface area contributed by atoms with Crippen LogP contribution in [0.2, 0.25) is 0 Å². The summed E-state index contributed by atoms with van der Waals surface area (Å²) in [4.78, 5) is 22.5. The Morgan fingerprint density at radius 2 is 1.93 bits per heavy atom. The summed E-state index contributed by atoms with van der Waals surface area (Å²) in [7, 11) is 0. The van der Waals surface area contributed by atoms with E-state index < -0.39 is 10.8 Å². The number of aromatic hydroxyl groups is 1. The molecule has 9 heteroatoms. The average Bonchev–Trinajstić information content (AvgIpc) is 2.97. The third-order valence-electron chi connectivity index (χ3n) is 4.52. The molecule has 1 aromatic heterocycles. The third-order valence-corrected chi connectivity index (χ3v) is 5.02. The van der Waals surface area contributed by atoms with Gasteiger partial charge in [-0.3, -0.25) is 14.9 Å². The zero-order valence-corrected chi connectivity index (χ0v) is 17.3. The molecule has 0 atom stereocenters. The number of hydrogen-bond acceptors (Lipinski definition) is 5. The second kappa shape index (κ2) is 8.95. The topological polar surface area (TPSA) is 110 Å². The summed E-state index contributed by atoms with van der Waals surface area (Å²) < 4.78 is 2.58. The molecule has 0 aliphatic rings. The standard InChI is InChI=1S/C20H19BrN4O4/c1-2-3-4-11-24-17-10-7-14(21)12-16(17)18(20(24)27)22-23-19(26)13-5-8-15(9-6-13)25(28)29/h5-10,12,27H,2-4,11H2,1H3. The van der Waals surface area contributed by atoms with E-state index in [1.165, 1.54) is 24.3 Å². The number of nitro groups is 1. The number of azo groups is 1. The molecule has 150 valence electrons. The van der Waals surface area contributed by atoms with Crippen molar-refractivity contribution >= 4 is 44.1 Å². The lowest BCUT2D eigenvalue weighted by molar-refractivity contribution is -0.384. The highest BCUT2D eigenvalue weighted by molar-refractivity contribution is 9.10. The quantitative estimate of drug-likeness (QED) is 0.198. The van der Waals surface area contributed by atoms with Gasteiger partial charge in [0.2, 0.25) is 5.88 Å². The van der Waals surface area contributed by atoms with E-state index in [0.29, 0.717) is 11.9 Å². The Kier molecular flexibility index (Phi) is 6.38. The number of benzene rings is 2. The first-order chi connectivity index (χ1) is 13.9. The summed E-state index contributed by atoms with van der Waals surface area (Å²) in [6, 6.07) is 10.7. The van der Waals surface area contributed by atoms with Gasteiger partial charge in [-0.2, -0.15) is 0 Å². The molecule has 0 saturated heterocycles. The molecule has 29 heavy (non-hydrogen) atoms. The fraction of sp³-hybridized carbons (Fsp3) is 0.250. The molecule has 0 unspecified atom stereocenters. The Morgan fingerprint density at radius 3 is 2.59 bits per heavy atom. The fourth-order valence-corrected chi connectivity index (χ4v) is 3.38. The second-order valence-electron chi connectivity index (χ2n) is 6.50. The van der Waals surface area contributed by atoms with E-state index in [9.17, 15) is 20.0 Å². The summed E-state index contributed by atoms with van der Waals surface area (Å²) in [6.45, 7) is 2.73. The maximum atomic E-state index is 12.3. The molecular weight excluding hydrogens is 440 g/mol. The van der Waals surface area contributed by atoms with Crippen LogP contribution in [-0.2, 0) is 6.54 Å². The first-order valence-electron chi connectivity index (χ1n) is 9.13. The van der Waals surface area contributed by atoms with Crippen molar-refractivity contribution in [2.45, 2.75) is 32.7 Å². The highest BCUT2D eigenvalue weighted by atomic mass is 79.9. The van der Waals surface area contributed by atoms with Gasteiger partial charge in [0.25, 0.3) is 11.6 Å². The van der Waals surface area contributed by atoms with Gasteiger partial charge in [-0.05, 0) is 36.8 Å². The van der Waals surface area contributed by atoms with Crippen molar-refractivity contribution in [3.63, 3.8) is 0 Å². The maximum Gasteiger partial charge on any atom is 0.295 e. The van der Waals surface area contributed by atoms with E-state index in [0.717, 1.165) is 29.3 Å². The number of fused-ring (bicyclic) bond motifs is 1.